The van der Waals surface area contributed by atoms with Crippen LogP contribution in [0.15, 0.2) is 42.6 Å². The molecule has 4 nitrogen and oxygen atoms in total. The van der Waals surface area contributed by atoms with Crippen molar-refractivity contribution < 1.29 is 9.53 Å². The fourth-order valence-electron chi connectivity index (χ4n) is 2.12. The third-order valence-electron chi connectivity index (χ3n) is 3.06. The van der Waals surface area contributed by atoms with Gasteiger partial charge in [-0.1, -0.05) is 12.1 Å². The molecule has 4 heteroatoms. The van der Waals surface area contributed by atoms with Crippen molar-refractivity contribution in [3.05, 3.63) is 53.9 Å². The van der Waals surface area contributed by atoms with Crippen LogP contribution in [-0.4, -0.2) is 18.0 Å². The lowest BCUT2D eigenvalue weighted by Crippen LogP contribution is -2.38. The number of amides is 1. The monoisotopic (exact) mass is 240 g/mol. The summed E-state index contributed by atoms with van der Waals surface area (Å²) in [5, 5.41) is 0. The Balaban J connectivity index is 1.91. The topological polar surface area (TPSA) is 42.4 Å². The number of rotatable bonds is 2. The van der Waals surface area contributed by atoms with Crippen molar-refractivity contribution in [2.45, 2.75) is 6.54 Å². The molecule has 1 aromatic carbocycles. The zero-order valence-corrected chi connectivity index (χ0v) is 9.96. The van der Waals surface area contributed by atoms with Crippen molar-refractivity contribution in [3.63, 3.8) is 0 Å². The van der Waals surface area contributed by atoms with Crippen LogP contribution in [0, 0.1) is 0 Å². The van der Waals surface area contributed by atoms with Gasteiger partial charge in [-0.15, -0.1) is 0 Å². The Morgan fingerprint density at radius 2 is 2.17 bits per heavy atom. The van der Waals surface area contributed by atoms with Crippen molar-refractivity contribution in [2.75, 3.05) is 12.0 Å². The van der Waals surface area contributed by atoms with E-state index in [-0.39, 0.29) is 5.91 Å². The maximum atomic E-state index is 12.2. The number of hydrogen-bond donors (Lipinski definition) is 0. The van der Waals surface area contributed by atoms with Gasteiger partial charge in [0.2, 0.25) is 0 Å². The molecule has 1 aromatic heterocycles. The lowest BCUT2D eigenvalue weighted by Gasteiger charge is -2.34. The summed E-state index contributed by atoms with van der Waals surface area (Å²) >= 11 is 0. The highest BCUT2D eigenvalue weighted by Crippen LogP contribution is 2.39. The quantitative estimate of drug-likeness (QED) is 0.808. The molecule has 0 radical (unpaired) electrons. The Hall–Kier alpha value is -2.36. The van der Waals surface area contributed by atoms with E-state index in [0.717, 1.165) is 17.0 Å². The number of ether oxygens (including phenoxy) is 1. The summed E-state index contributed by atoms with van der Waals surface area (Å²) in [4.78, 5) is 18.0. The number of carbonyl (C=O) groups excluding carboxylic acids is 1. The molecule has 2 aromatic rings. The first-order valence-electron chi connectivity index (χ1n) is 5.70. The Labute approximate surface area is 105 Å². The van der Waals surface area contributed by atoms with Crippen LogP contribution in [0.5, 0.6) is 5.75 Å². The molecule has 0 bridgehead atoms. The minimum atomic E-state index is -0.0728. The molecular weight excluding hydrogens is 228 g/mol. The van der Waals surface area contributed by atoms with E-state index in [1.54, 1.807) is 30.3 Å². The van der Waals surface area contributed by atoms with Crippen LogP contribution in [0.1, 0.15) is 16.1 Å². The maximum Gasteiger partial charge on any atom is 0.277 e. The minimum Gasteiger partial charge on any atom is -0.496 e. The summed E-state index contributed by atoms with van der Waals surface area (Å²) in [5.74, 6) is 0.758. The van der Waals surface area contributed by atoms with Crippen LogP contribution in [0.4, 0.5) is 5.69 Å². The summed E-state index contributed by atoms with van der Waals surface area (Å²) in [6.07, 6.45) is 1.62. The molecule has 18 heavy (non-hydrogen) atoms. The third kappa shape index (κ3) is 1.54. The Morgan fingerprint density at radius 1 is 1.28 bits per heavy atom. The van der Waals surface area contributed by atoms with Gasteiger partial charge >= 0.3 is 0 Å². The number of nitrogens with zero attached hydrogens (tertiary/aromatic N) is 2. The van der Waals surface area contributed by atoms with E-state index in [2.05, 4.69) is 4.98 Å². The number of pyridine rings is 1. The number of benzene rings is 1. The standard InChI is InChI=1S/C14H12N2O2/c1-18-13-7-4-6-12-10(13)9-16(12)14(17)11-5-2-3-8-15-11/h2-8H,9H2,1H3. The molecule has 1 aliphatic heterocycles. The number of carbonyl (C=O) groups is 1. The van der Waals surface area contributed by atoms with Crippen molar-refractivity contribution in [2.24, 2.45) is 0 Å². The fourth-order valence-corrected chi connectivity index (χ4v) is 2.12. The summed E-state index contributed by atoms with van der Waals surface area (Å²) < 4.78 is 5.26. The maximum absolute atomic E-state index is 12.2. The van der Waals surface area contributed by atoms with Gasteiger partial charge in [0.15, 0.2) is 0 Å². The molecule has 3 rings (SSSR count). The van der Waals surface area contributed by atoms with Gasteiger partial charge < -0.3 is 9.64 Å². The van der Waals surface area contributed by atoms with Gasteiger partial charge in [-0.3, -0.25) is 9.78 Å². The van der Waals surface area contributed by atoms with Crippen molar-refractivity contribution >= 4 is 11.6 Å². The summed E-state index contributed by atoms with van der Waals surface area (Å²) in [6.45, 7) is 0.578. The largest absolute Gasteiger partial charge is 0.496 e. The van der Waals surface area contributed by atoms with Gasteiger partial charge in [-0.05, 0) is 24.3 Å². The second-order valence-electron chi connectivity index (χ2n) is 4.06. The first-order chi connectivity index (χ1) is 8.81. The predicted molar refractivity (Wildman–Crippen MR) is 67.7 cm³/mol. The van der Waals surface area contributed by atoms with Gasteiger partial charge in [-0.25, -0.2) is 0 Å². The molecule has 0 N–H and O–H groups in total. The van der Waals surface area contributed by atoms with Gasteiger partial charge in [0.1, 0.15) is 11.4 Å². The molecular formula is C14H12N2O2. The van der Waals surface area contributed by atoms with E-state index < -0.39 is 0 Å². The summed E-state index contributed by atoms with van der Waals surface area (Å²) in [6, 6.07) is 11.0. The summed E-state index contributed by atoms with van der Waals surface area (Å²) in [5.41, 5.74) is 2.44. The number of anilines is 1. The molecule has 0 atom stereocenters. The van der Waals surface area contributed by atoms with Crippen LogP contribution in [0.25, 0.3) is 0 Å². The van der Waals surface area contributed by atoms with Crippen molar-refractivity contribution in [1.29, 1.82) is 0 Å². The highest BCUT2D eigenvalue weighted by atomic mass is 16.5. The molecule has 1 aliphatic rings. The fraction of sp³-hybridized carbons (Fsp3) is 0.143. The smallest absolute Gasteiger partial charge is 0.277 e. The van der Waals surface area contributed by atoms with E-state index in [4.69, 9.17) is 4.74 Å². The first-order valence-corrected chi connectivity index (χ1v) is 5.70. The third-order valence-corrected chi connectivity index (χ3v) is 3.06. The van der Waals surface area contributed by atoms with Crippen molar-refractivity contribution in [1.82, 2.24) is 4.98 Å². The van der Waals surface area contributed by atoms with Crippen molar-refractivity contribution in [3.8, 4) is 5.75 Å². The zero-order chi connectivity index (χ0) is 12.5. The molecule has 0 saturated carbocycles. The lowest BCUT2D eigenvalue weighted by molar-refractivity contribution is 0.0974. The first kappa shape index (κ1) is 10.8. The van der Waals surface area contributed by atoms with Crippen LogP contribution in [-0.2, 0) is 6.54 Å². The van der Waals surface area contributed by atoms with Crippen LogP contribution in [0.3, 0.4) is 0 Å². The Kier molecular flexibility index (Phi) is 2.48. The van der Waals surface area contributed by atoms with E-state index in [9.17, 15) is 4.79 Å². The normalized spacial score (nSPS) is 12.6. The number of fused-ring (bicyclic) bond motifs is 1. The van der Waals surface area contributed by atoms with Gasteiger partial charge in [0.25, 0.3) is 5.91 Å². The Morgan fingerprint density at radius 3 is 2.89 bits per heavy atom. The molecule has 0 unspecified atom stereocenters. The minimum absolute atomic E-state index is 0.0728. The Bertz CT molecular complexity index is 596. The van der Waals surface area contributed by atoms with Gasteiger partial charge in [0.05, 0.1) is 19.3 Å². The second kappa shape index (κ2) is 4.14. The molecule has 0 aliphatic carbocycles. The SMILES string of the molecule is COc1cccc2c1CN2C(=O)c1ccccn1. The molecule has 90 valence electrons. The highest BCUT2D eigenvalue weighted by Gasteiger charge is 2.31. The van der Waals surface area contributed by atoms with E-state index in [1.807, 2.05) is 24.3 Å². The van der Waals surface area contributed by atoms with E-state index in [0.29, 0.717) is 12.2 Å². The average molecular weight is 240 g/mol. The van der Waals surface area contributed by atoms with Gasteiger partial charge in [0, 0.05) is 11.8 Å². The molecule has 2 heterocycles. The molecule has 1 amide bonds. The predicted octanol–water partition coefficient (Wildman–Crippen LogP) is 2.25. The van der Waals surface area contributed by atoms with Crippen LogP contribution < -0.4 is 9.64 Å². The molecule has 0 fully saturated rings. The van der Waals surface area contributed by atoms with Crippen LogP contribution in [0.2, 0.25) is 0 Å². The molecule has 0 saturated heterocycles. The van der Waals surface area contributed by atoms with Crippen LogP contribution >= 0.6 is 0 Å². The number of aromatic nitrogens is 1. The van der Waals surface area contributed by atoms with Gasteiger partial charge in [-0.2, -0.15) is 0 Å². The average Bonchev–Trinajstić information content (AvgIpc) is 2.40. The number of methoxy groups -OCH3 is 1. The number of hydrogen-bond acceptors (Lipinski definition) is 3. The molecule has 0 spiro atoms. The zero-order valence-electron chi connectivity index (χ0n) is 9.96. The van der Waals surface area contributed by atoms with E-state index >= 15 is 0 Å². The van der Waals surface area contributed by atoms with E-state index in [1.165, 1.54) is 0 Å². The second-order valence-corrected chi connectivity index (χ2v) is 4.06. The highest BCUT2D eigenvalue weighted by molar-refractivity contribution is 6.07. The summed E-state index contributed by atoms with van der Waals surface area (Å²) in [7, 11) is 1.64. The lowest BCUT2D eigenvalue weighted by atomic mass is 10.0.